The van der Waals surface area contributed by atoms with E-state index in [1.165, 1.54) is 24.9 Å². The molecule has 0 spiro atoms. The Bertz CT molecular complexity index is 498. The number of nitrogens with zero attached hydrogens (tertiary/aromatic N) is 1. The standard InChI is InChI=1S/C18H28N2O/c1-13(19)14-7-6-10-20(12-14)16-11-18(2,3)21-17-9-5-4-8-15(16)17/h4-5,8-9,13-14,16H,6-7,10-12,19H2,1-3H3. The summed E-state index contributed by atoms with van der Waals surface area (Å²) in [7, 11) is 0. The van der Waals surface area contributed by atoms with E-state index >= 15 is 0 Å². The van der Waals surface area contributed by atoms with E-state index < -0.39 is 0 Å². The molecule has 1 fully saturated rings. The van der Waals surface area contributed by atoms with Crippen molar-refractivity contribution in [3.05, 3.63) is 29.8 Å². The number of rotatable bonds is 2. The highest BCUT2D eigenvalue weighted by Crippen LogP contribution is 2.43. The summed E-state index contributed by atoms with van der Waals surface area (Å²) < 4.78 is 6.16. The summed E-state index contributed by atoms with van der Waals surface area (Å²) >= 11 is 0. The Morgan fingerprint density at radius 1 is 1.33 bits per heavy atom. The molecule has 116 valence electrons. The molecular formula is C18H28N2O. The summed E-state index contributed by atoms with van der Waals surface area (Å²) in [4.78, 5) is 2.64. The molecule has 0 amide bonds. The largest absolute Gasteiger partial charge is 0.487 e. The number of fused-ring (bicyclic) bond motifs is 1. The Hall–Kier alpha value is -1.06. The number of hydrogen-bond donors (Lipinski definition) is 1. The highest BCUT2D eigenvalue weighted by molar-refractivity contribution is 5.38. The van der Waals surface area contributed by atoms with Crippen LogP contribution in [0, 0.1) is 5.92 Å². The highest BCUT2D eigenvalue weighted by Gasteiger charge is 2.38. The van der Waals surface area contributed by atoms with Crippen molar-refractivity contribution < 1.29 is 4.74 Å². The Labute approximate surface area is 128 Å². The molecule has 3 rings (SSSR count). The third kappa shape index (κ3) is 3.09. The van der Waals surface area contributed by atoms with Gasteiger partial charge in [0.05, 0.1) is 0 Å². The monoisotopic (exact) mass is 288 g/mol. The molecule has 2 heterocycles. The van der Waals surface area contributed by atoms with Crippen LogP contribution in [0.25, 0.3) is 0 Å². The van der Waals surface area contributed by atoms with Crippen LogP contribution in [0.3, 0.4) is 0 Å². The molecule has 3 nitrogen and oxygen atoms in total. The van der Waals surface area contributed by atoms with Crippen molar-refractivity contribution in [2.24, 2.45) is 11.7 Å². The van der Waals surface area contributed by atoms with Gasteiger partial charge < -0.3 is 10.5 Å². The summed E-state index contributed by atoms with van der Waals surface area (Å²) in [6, 6.07) is 9.28. The van der Waals surface area contributed by atoms with E-state index in [9.17, 15) is 0 Å². The number of piperidine rings is 1. The van der Waals surface area contributed by atoms with Crippen LogP contribution in [-0.2, 0) is 0 Å². The molecule has 0 aliphatic carbocycles. The van der Waals surface area contributed by atoms with Crippen molar-refractivity contribution in [3.63, 3.8) is 0 Å². The summed E-state index contributed by atoms with van der Waals surface area (Å²) in [5.41, 5.74) is 7.41. The van der Waals surface area contributed by atoms with Gasteiger partial charge in [0.2, 0.25) is 0 Å². The van der Waals surface area contributed by atoms with Crippen LogP contribution < -0.4 is 10.5 Å². The van der Waals surface area contributed by atoms with Crippen LogP contribution in [0.1, 0.15) is 51.6 Å². The highest BCUT2D eigenvalue weighted by atomic mass is 16.5. The zero-order valence-electron chi connectivity index (χ0n) is 13.5. The fraction of sp³-hybridized carbons (Fsp3) is 0.667. The van der Waals surface area contributed by atoms with Crippen LogP contribution in [-0.4, -0.2) is 29.6 Å². The number of benzene rings is 1. The average Bonchev–Trinajstić information content (AvgIpc) is 2.45. The molecule has 0 aromatic heterocycles. The Morgan fingerprint density at radius 2 is 2.10 bits per heavy atom. The minimum absolute atomic E-state index is 0.0969. The number of para-hydroxylation sites is 1. The van der Waals surface area contributed by atoms with Gasteiger partial charge in [-0.15, -0.1) is 0 Å². The van der Waals surface area contributed by atoms with E-state index in [1.54, 1.807) is 0 Å². The quantitative estimate of drug-likeness (QED) is 0.907. The second-order valence-electron chi connectivity index (χ2n) is 7.38. The van der Waals surface area contributed by atoms with Crippen molar-refractivity contribution in [2.75, 3.05) is 13.1 Å². The topological polar surface area (TPSA) is 38.5 Å². The van der Waals surface area contributed by atoms with E-state index in [1.807, 2.05) is 0 Å². The summed E-state index contributed by atoms with van der Waals surface area (Å²) in [5.74, 6) is 1.68. The molecule has 21 heavy (non-hydrogen) atoms. The van der Waals surface area contributed by atoms with Gasteiger partial charge in [0, 0.05) is 30.6 Å². The Morgan fingerprint density at radius 3 is 2.86 bits per heavy atom. The van der Waals surface area contributed by atoms with Crippen LogP contribution in [0.15, 0.2) is 24.3 Å². The van der Waals surface area contributed by atoms with Crippen LogP contribution in [0.5, 0.6) is 5.75 Å². The number of ether oxygens (including phenoxy) is 1. The normalized spacial score (nSPS) is 30.3. The Kier molecular flexibility index (Phi) is 3.98. The summed E-state index contributed by atoms with van der Waals surface area (Å²) in [6.07, 6.45) is 3.57. The molecule has 1 aromatic carbocycles. The van der Waals surface area contributed by atoms with E-state index in [2.05, 4.69) is 49.9 Å². The minimum atomic E-state index is -0.0969. The fourth-order valence-corrected chi connectivity index (χ4v) is 3.84. The van der Waals surface area contributed by atoms with Gasteiger partial charge in [-0.05, 0) is 52.1 Å². The van der Waals surface area contributed by atoms with E-state index in [0.29, 0.717) is 12.0 Å². The van der Waals surface area contributed by atoms with Crippen molar-refractivity contribution in [2.45, 2.75) is 57.7 Å². The maximum Gasteiger partial charge on any atom is 0.124 e. The van der Waals surface area contributed by atoms with E-state index in [-0.39, 0.29) is 11.6 Å². The van der Waals surface area contributed by atoms with Gasteiger partial charge >= 0.3 is 0 Å². The molecule has 0 bridgehead atoms. The van der Waals surface area contributed by atoms with Crippen molar-refractivity contribution in [1.82, 2.24) is 4.90 Å². The molecule has 1 aromatic rings. The molecule has 2 aliphatic heterocycles. The van der Waals surface area contributed by atoms with Gasteiger partial charge in [-0.2, -0.15) is 0 Å². The third-order valence-electron chi connectivity index (χ3n) is 5.02. The lowest BCUT2D eigenvalue weighted by atomic mass is 9.85. The van der Waals surface area contributed by atoms with Crippen molar-refractivity contribution in [1.29, 1.82) is 0 Å². The lowest BCUT2D eigenvalue weighted by Gasteiger charge is -2.45. The molecule has 1 saturated heterocycles. The zero-order valence-corrected chi connectivity index (χ0v) is 13.5. The molecule has 2 aliphatic rings. The molecule has 0 radical (unpaired) electrons. The number of nitrogens with two attached hydrogens (primary N) is 1. The first kappa shape index (κ1) is 14.9. The van der Waals surface area contributed by atoms with Gasteiger partial charge in [-0.1, -0.05) is 18.2 Å². The van der Waals surface area contributed by atoms with Crippen molar-refractivity contribution in [3.8, 4) is 5.75 Å². The first-order valence-corrected chi connectivity index (χ1v) is 8.24. The van der Waals surface area contributed by atoms with Gasteiger partial charge in [0.15, 0.2) is 0 Å². The molecule has 3 heteroatoms. The number of likely N-dealkylation sites (tertiary alicyclic amines) is 1. The molecule has 2 N–H and O–H groups in total. The maximum atomic E-state index is 6.16. The third-order valence-corrected chi connectivity index (χ3v) is 5.02. The van der Waals surface area contributed by atoms with Crippen LogP contribution >= 0.6 is 0 Å². The molecule has 0 saturated carbocycles. The second kappa shape index (κ2) is 5.62. The molecular weight excluding hydrogens is 260 g/mol. The lowest BCUT2D eigenvalue weighted by molar-refractivity contribution is 0.0135. The molecule has 3 atom stereocenters. The predicted octanol–water partition coefficient (Wildman–Crippen LogP) is 3.35. The number of hydrogen-bond acceptors (Lipinski definition) is 3. The SMILES string of the molecule is CC(N)C1CCCN(C2CC(C)(C)Oc3ccccc32)C1. The summed E-state index contributed by atoms with van der Waals surface area (Å²) in [5, 5.41) is 0. The Balaban J connectivity index is 1.87. The smallest absolute Gasteiger partial charge is 0.124 e. The second-order valence-corrected chi connectivity index (χ2v) is 7.38. The first-order chi connectivity index (χ1) is 9.96. The zero-order chi connectivity index (χ0) is 15.0. The maximum absolute atomic E-state index is 6.16. The van der Waals surface area contributed by atoms with Gasteiger partial charge in [-0.3, -0.25) is 4.90 Å². The first-order valence-electron chi connectivity index (χ1n) is 8.24. The lowest BCUT2D eigenvalue weighted by Crippen LogP contribution is -2.47. The fourth-order valence-electron chi connectivity index (χ4n) is 3.84. The van der Waals surface area contributed by atoms with E-state index in [4.69, 9.17) is 10.5 Å². The van der Waals surface area contributed by atoms with Crippen LogP contribution in [0.4, 0.5) is 0 Å². The van der Waals surface area contributed by atoms with Gasteiger partial charge in [0.1, 0.15) is 11.4 Å². The average molecular weight is 288 g/mol. The van der Waals surface area contributed by atoms with Crippen LogP contribution in [0.2, 0.25) is 0 Å². The van der Waals surface area contributed by atoms with E-state index in [0.717, 1.165) is 18.7 Å². The molecule has 3 unspecified atom stereocenters. The predicted molar refractivity (Wildman–Crippen MR) is 86.5 cm³/mol. The van der Waals surface area contributed by atoms with Crippen molar-refractivity contribution >= 4 is 0 Å². The minimum Gasteiger partial charge on any atom is -0.487 e. The van der Waals surface area contributed by atoms with Gasteiger partial charge in [-0.25, -0.2) is 0 Å². The van der Waals surface area contributed by atoms with Gasteiger partial charge in [0.25, 0.3) is 0 Å². The summed E-state index contributed by atoms with van der Waals surface area (Å²) in [6.45, 7) is 8.84.